The van der Waals surface area contributed by atoms with Crippen molar-refractivity contribution in [3.63, 3.8) is 0 Å². The van der Waals surface area contributed by atoms with Gasteiger partial charge in [-0.3, -0.25) is 19.5 Å². The number of amides is 2. The van der Waals surface area contributed by atoms with Crippen LogP contribution in [0, 0.1) is 12.8 Å². The highest BCUT2D eigenvalue weighted by Gasteiger charge is 2.38. The second kappa shape index (κ2) is 7.90. The third-order valence-corrected chi connectivity index (χ3v) is 6.30. The van der Waals surface area contributed by atoms with Crippen LogP contribution in [0.2, 0.25) is 5.15 Å². The van der Waals surface area contributed by atoms with E-state index >= 15 is 0 Å². The Hall–Kier alpha value is -3.04. The highest BCUT2D eigenvalue weighted by molar-refractivity contribution is 6.29. The minimum absolute atomic E-state index is 0.0685. The molecule has 0 spiro atoms. The Bertz CT molecular complexity index is 1180. The molecule has 1 aliphatic carbocycles. The van der Waals surface area contributed by atoms with Crippen LogP contribution in [0.1, 0.15) is 35.3 Å². The SMILES string of the molecule is Cc1ncc(NC(=O)CN2C[C@@H]3CC[C@H]2C3)cc1NC(=O)c1cnn2cc(Cl)ncc12. The number of aromatic nitrogens is 4. The van der Waals surface area contributed by atoms with Gasteiger partial charge in [-0.15, -0.1) is 0 Å². The molecule has 5 rings (SSSR count). The summed E-state index contributed by atoms with van der Waals surface area (Å²) in [7, 11) is 0. The number of nitrogens with zero attached hydrogens (tertiary/aromatic N) is 5. The number of piperidine rings is 1. The number of nitrogens with one attached hydrogen (secondary N) is 2. The van der Waals surface area contributed by atoms with E-state index in [1.165, 1.54) is 42.4 Å². The molecule has 1 saturated carbocycles. The van der Waals surface area contributed by atoms with Crippen LogP contribution in [-0.2, 0) is 4.79 Å². The molecular weight excluding hydrogens is 418 g/mol. The van der Waals surface area contributed by atoms with Crippen molar-refractivity contribution < 1.29 is 9.59 Å². The lowest BCUT2D eigenvalue weighted by Gasteiger charge is -2.25. The van der Waals surface area contributed by atoms with Gasteiger partial charge in [-0.05, 0) is 38.2 Å². The Morgan fingerprint density at radius 1 is 1.19 bits per heavy atom. The van der Waals surface area contributed by atoms with Crippen LogP contribution in [0.5, 0.6) is 0 Å². The van der Waals surface area contributed by atoms with Crippen molar-refractivity contribution in [3.05, 3.63) is 47.3 Å². The molecule has 2 aliphatic rings. The van der Waals surface area contributed by atoms with E-state index in [1.54, 1.807) is 19.2 Å². The number of likely N-dealkylation sites (tertiary alicyclic amines) is 1. The van der Waals surface area contributed by atoms with Crippen molar-refractivity contribution in [1.82, 2.24) is 24.5 Å². The van der Waals surface area contributed by atoms with Gasteiger partial charge in [0.2, 0.25) is 5.91 Å². The number of pyridine rings is 1. The fraction of sp³-hybridized carbons (Fsp3) is 0.381. The zero-order valence-electron chi connectivity index (χ0n) is 17.0. The first-order valence-electron chi connectivity index (χ1n) is 10.3. The standard InChI is InChI=1S/C21H22ClN7O2/c1-12-17(27-21(31)16-7-25-29-10-19(22)24-8-18(16)29)5-14(6-23-12)26-20(30)11-28-9-13-2-3-15(28)4-13/h5-8,10,13,15H,2-4,9,11H2,1H3,(H,26,30)(H,27,31)/t13-,15+/m1/s1. The minimum Gasteiger partial charge on any atom is -0.324 e. The van der Waals surface area contributed by atoms with Crippen LogP contribution < -0.4 is 10.6 Å². The molecule has 0 unspecified atom stereocenters. The van der Waals surface area contributed by atoms with Gasteiger partial charge in [-0.1, -0.05) is 11.6 Å². The van der Waals surface area contributed by atoms with Gasteiger partial charge in [-0.25, -0.2) is 9.50 Å². The number of hydrogen-bond acceptors (Lipinski definition) is 6. The van der Waals surface area contributed by atoms with Crippen LogP contribution in [0.3, 0.4) is 0 Å². The number of fused-ring (bicyclic) bond motifs is 3. The van der Waals surface area contributed by atoms with Crippen molar-refractivity contribution in [2.24, 2.45) is 5.92 Å². The molecule has 2 N–H and O–H groups in total. The Morgan fingerprint density at radius 2 is 2.06 bits per heavy atom. The maximum atomic E-state index is 12.8. The Labute approximate surface area is 183 Å². The van der Waals surface area contributed by atoms with Crippen LogP contribution in [0.4, 0.5) is 11.4 Å². The number of halogens is 1. The van der Waals surface area contributed by atoms with E-state index in [0.29, 0.717) is 40.7 Å². The van der Waals surface area contributed by atoms with Gasteiger partial charge in [0.05, 0.1) is 59.5 Å². The molecule has 31 heavy (non-hydrogen) atoms. The third-order valence-electron chi connectivity index (χ3n) is 6.11. The molecule has 10 heteroatoms. The van der Waals surface area contributed by atoms with E-state index in [0.717, 1.165) is 12.5 Å². The number of carbonyl (C=O) groups excluding carboxylic acids is 2. The lowest BCUT2D eigenvalue weighted by atomic mass is 10.1. The second-order valence-corrected chi connectivity index (χ2v) is 8.61. The van der Waals surface area contributed by atoms with E-state index in [4.69, 9.17) is 11.6 Å². The summed E-state index contributed by atoms with van der Waals surface area (Å²) < 4.78 is 1.50. The Morgan fingerprint density at radius 3 is 2.84 bits per heavy atom. The van der Waals surface area contributed by atoms with Gasteiger partial charge in [0, 0.05) is 12.6 Å². The third kappa shape index (κ3) is 3.98. The number of anilines is 2. The number of hydrogen-bond donors (Lipinski definition) is 2. The first kappa shape index (κ1) is 19.9. The zero-order chi connectivity index (χ0) is 21.5. The highest BCUT2D eigenvalue weighted by atomic mass is 35.5. The first-order chi connectivity index (χ1) is 15.0. The summed E-state index contributed by atoms with van der Waals surface area (Å²) in [5.41, 5.74) is 2.60. The summed E-state index contributed by atoms with van der Waals surface area (Å²) in [6, 6.07) is 2.26. The predicted octanol–water partition coefficient (Wildman–Crippen LogP) is 2.76. The van der Waals surface area contributed by atoms with Crippen LogP contribution in [-0.4, -0.2) is 55.4 Å². The Balaban J connectivity index is 1.28. The highest BCUT2D eigenvalue weighted by Crippen LogP contribution is 2.37. The second-order valence-electron chi connectivity index (χ2n) is 8.22. The van der Waals surface area contributed by atoms with Crippen molar-refractivity contribution in [2.45, 2.75) is 32.2 Å². The quantitative estimate of drug-likeness (QED) is 0.633. The maximum Gasteiger partial charge on any atom is 0.259 e. The maximum absolute atomic E-state index is 12.8. The van der Waals surface area contributed by atoms with Crippen molar-refractivity contribution >= 4 is 40.3 Å². The molecule has 2 atom stereocenters. The molecule has 2 bridgehead atoms. The molecular formula is C21H22ClN7O2. The summed E-state index contributed by atoms with van der Waals surface area (Å²) in [6.07, 6.45) is 9.76. The summed E-state index contributed by atoms with van der Waals surface area (Å²) in [6.45, 7) is 3.18. The molecule has 160 valence electrons. The lowest BCUT2D eigenvalue weighted by molar-refractivity contribution is -0.117. The summed E-state index contributed by atoms with van der Waals surface area (Å²) >= 11 is 5.87. The first-order valence-corrected chi connectivity index (χ1v) is 10.6. The molecule has 1 saturated heterocycles. The molecule has 3 aromatic rings. The van der Waals surface area contributed by atoms with Gasteiger partial charge in [-0.2, -0.15) is 5.10 Å². The van der Waals surface area contributed by atoms with E-state index < -0.39 is 0 Å². The van der Waals surface area contributed by atoms with Gasteiger partial charge in [0.25, 0.3) is 5.91 Å². The summed E-state index contributed by atoms with van der Waals surface area (Å²) in [5, 5.41) is 10.2. The van der Waals surface area contributed by atoms with Crippen LogP contribution in [0.15, 0.2) is 30.9 Å². The summed E-state index contributed by atoms with van der Waals surface area (Å²) in [4.78, 5) is 35.9. The molecule has 0 radical (unpaired) electrons. The Kier molecular flexibility index (Phi) is 5.07. The average molecular weight is 440 g/mol. The van der Waals surface area contributed by atoms with E-state index in [2.05, 4.69) is 30.6 Å². The van der Waals surface area contributed by atoms with Crippen molar-refractivity contribution in [3.8, 4) is 0 Å². The van der Waals surface area contributed by atoms with E-state index in [1.807, 2.05) is 0 Å². The fourth-order valence-corrected chi connectivity index (χ4v) is 4.70. The molecule has 1 aliphatic heterocycles. The molecule has 2 fully saturated rings. The molecule has 0 aromatic carbocycles. The molecule has 9 nitrogen and oxygen atoms in total. The summed E-state index contributed by atoms with van der Waals surface area (Å²) in [5.74, 6) is 0.327. The van der Waals surface area contributed by atoms with Gasteiger partial charge in [0.15, 0.2) is 0 Å². The zero-order valence-corrected chi connectivity index (χ0v) is 17.8. The number of aryl methyl sites for hydroxylation is 1. The van der Waals surface area contributed by atoms with Crippen LogP contribution in [0.25, 0.3) is 5.52 Å². The minimum atomic E-state index is -0.347. The van der Waals surface area contributed by atoms with Gasteiger partial charge in [0.1, 0.15) is 5.15 Å². The van der Waals surface area contributed by atoms with Crippen molar-refractivity contribution in [2.75, 3.05) is 23.7 Å². The number of rotatable bonds is 5. The average Bonchev–Trinajstić information content (AvgIpc) is 3.45. The molecule has 2 amide bonds. The van der Waals surface area contributed by atoms with E-state index in [9.17, 15) is 9.59 Å². The van der Waals surface area contributed by atoms with Crippen LogP contribution >= 0.6 is 11.6 Å². The largest absolute Gasteiger partial charge is 0.324 e. The van der Waals surface area contributed by atoms with Crippen molar-refractivity contribution in [1.29, 1.82) is 0 Å². The normalized spacial score (nSPS) is 20.3. The fourth-order valence-electron chi connectivity index (χ4n) is 4.56. The van der Waals surface area contributed by atoms with E-state index in [-0.39, 0.29) is 17.0 Å². The lowest BCUT2D eigenvalue weighted by Crippen LogP contribution is -2.38. The smallest absolute Gasteiger partial charge is 0.259 e. The molecule has 3 aromatic heterocycles. The van der Waals surface area contributed by atoms with Gasteiger partial charge < -0.3 is 10.6 Å². The predicted molar refractivity (Wildman–Crippen MR) is 116 cm³/mol. The number of carbonyl (C=O) groups is 2. The topological polar surface area (TPSA) is 105 Å². The van der Waals surface area contributed by atoms with Gasteiger partial charge >= 0.3 is 0 Å². The molecule has 4 heterocycles. The monoisotopic (exact) mass is 439 g/mol.